The number of alkyl halides is 3. The summed E-state index contributed by atoms with van der Waals surface area (Å²) in [6.45, 7) is 5.62. The summed E-state index contributed by atoms with van der Waals surface area (Å²) in [7, 11) is 0. The monoisotopic (exact) mass is 351 g/mol. The Morgan fingerprint density at radius 3 is 2.33 bits per heavy atom. The van der Waals surface area contributed by atoms with E-state index in [0.29, 0.717) is 5.39 Å². The second-order valence-electron chi connectivity index (χ2n) is 6.51. The van der Waals surface area contributed by atoms with Gasteiger partial charge in [-0.15, -0.1) is 0 Å². The summed E-state index contributed by atoms with van der Waals surface area (Å²) in [5.41, 5.74) is 1.78. The first kappa shape index (κ1) is 16.7. The fraction of sp³-hybridized carbons (Fsp3) is 0.294. The molecule has 1 N–H and O–H groups in total. The summed E-state index contributed by atoms with van der Waals surface area (Å²) in [5.74, 6) is -0.943. The molecule has 0 unspecified atom stereocenters. The smallest absolute Gasteiger partial charge is 0.365 e. The molecule has 126 valence electrons. The summed E-state index contributed by atoms with van der Waals surface area (Å²) in [4.78, 5) is 7.42. The van der Waals surface area contributed by atoms with Gasteiger partial charge in [0.25, 0.3) is 0 Å². The number of hydrogen-bond donors (Lipinski definition) is 1. The minimum atomic E-state index is -4.59. The van der Waals surface area contributed by atoms with E-state index >= 15 is 0 Å². The fourth-order valence-corrected chi connectivity index (χ4v) is 2.98. The van der Waals surface area contributed by atoms with Crippen molar-refractivity contribution in [3.05, 3.63) is 40.8 Å². The molecule has 0 amide bonds. The Morgan fingerprint density at radius 2 is 1.75 bits per heavy atom. The number of anilines is 1. The number of rotatable bonds is 2. The quantitative estimate of drug-likeness (QED) is 0.654. The lowest BCUT2D eigenvalue weighted by Gasteiger charge is -2.23. The topological polar surface area (TPSA) is 37.8 Å². The fourth-order valence-electron chi connectivity index (χ4n) is 2.31. The summed E-state index contributed by atoms with van der Waals surface area (Å²) >= 11 is 1.56. The molecule has 3 aromatic rings. The second kappa shape index (κ2) is 5.73. The van der Waals surface area contributed by atoms with Crippen LogP contribution < -0.4 is 5.32 Å². The van der Waals surface area contributed by atoms with Crippen LogP contribution in [0.3, 0.4) is 0 Å². The number of nitrogens with zero attached hydrogens (tertiary/aromatic N) is 2. The maximum atomic E-state index is 13.1. The number of nitrogens with one attached hydrogen (secondary N) is 1. The lowest BCUT2D eigenvalue weighted by Crippen LogP contribution is -2.27. The highest BCUT2D eigenvalue weighted by molar-refractivity contribution is 7.08. The molecule has 0 aliphatic rings. The molecule has 0 spiro atoms. The van der Waals surface area contributed by atoms with Gasteiger partial charge in [-0.2, -0.15) is 24.5 Å². The number of halogens is 3. The zero-order valence-corrected chi connectivity index (χ0v) is 14.2. The Morgan fingerprint density at radius 1 is 1.00 bits per heavy atom. The Bertz CT molecular complexity index is 865. The molecule has 0 saturated carbocycles. The van der Waals surface area contributed by atoms with Crippen molar-refractivity contribution in [1.29, 1.82) is 0 Å². The Hall–Kier alpha value is -2.15. The minimum absolute atomic E-state index is 0.192. The predicted molar refractivity (Wildman–Crippen MR) is 91.2 cm³/mol. The van der Waals surface area contributed by atoms with Gasteiger partial charge in [0.15, 0.2) is 0 Å². The van der Waals surface area contributed by atoms with E-state index in [1.54, 1.807) is 23.5 Å². The largest absolute Gasteiger partial charge is 0.451 e. The van der Waals surface area contributed by atoms with E-state index in [1.807, 2.05) is 43.7 Å². The molecule has 3 rings (SSSR count). The third kappa shape index (κ3) is 3.51. The number of fused-ring (bicyclic) bond motifs is 1. The van der Waals surface area contributed by atoms with Gasteiger partial charge in [-0.3, -0.25) is 0 Å². The molecular formula is C17H16F3N3S. The zero-order valence-electron chi connectivity index (χ0n) is 13.4. The van der Waals surface area contributed by atoms with Crippen LogP contribution >= 0.6 is 11.3 Å². The Kier molecular flexibility index (Phi) is 3.99. The molecule has 0 atom stereocenters. The van der Waals surface area contributed by atoms with Crippen LogP contribution in [-0.4, -0.2) is 15.5 Å². The predicted octanol–water partition coefficient (Wildman–Crippen LogP) is 5.59. The van der Waals surface area contributed by atoms with E-state index < -0.39 is 17.5 Å². The maximum Gasteiger partial charge on any atom is 0.451 e. The normalized spacial score (nSPS) is 12.6. The molecule has 2 aromatic heterocycles. The number of hydrogen-bond acceptors (Lipinski definition) is 4. The summed E-state index contributed by atoms with van der Waals surface area (Å²) in [6, 6.07) is 7.17. The minimum Gasteiger partial charge on any atom is -0.365 e. The Labute approximate surface area is 141 Å². The standard InChI is InChI=1S/C17H16F3N3S/c1-16(2,3)23-14-12-8-10(11-6-7-24-9-11)4-5-13(12)21-15(22-14)17(18,19)20/h4-9H,1-3H3,(H,21,22,23). The van der Waals surface area contributed by atoms with E-state index in [1.165, 1.54) is 0 Å². The van der Waals surface area contributed by atoms with Gasteiger partial charge in [0, 0.05) is 10.9 Å². The molecule has 0 saturated heterocycles. The average molecular weight is 351 g/mol. The van der Waals surface area contributed by atoms with Gasteiger partial charge in [0.1, 0.15) is 5.82 Å². The van der Waals surface area contributed by atoms with Crippen molar-refractivity contribution in [2.24, 2.45) is 0 Å². The van der Waals surface area contributed by atoms with E-state index in [4.69, 9.17) is 0 Å². The van der Waals surface area contributed by atoms with Gasteiger partial charge in [-0.1, -0.05) is 6.07 Å². The first-order valence-electron chi connectivity index (χ1n) is 7.33. The van der Waals surface area contributed by atoms with Crippen molar-refractivity contribution in [2.75, 3.05) is 5.32 Å². The molecule has 0 fully saturated rings. The average Bonchev–Trinajstić information content (AvgIpc) is 2.98. The van der Waals surface area contributed by atoms with Crippen molar-refractivity contribution in [3.63, 3.8) is 0 Å². The Balaban J connectivity index is 2.22. The molecule has 1 aromatic carbocycles. The van der Waals surface area contributed by atoms with Gasteiger partial charge >= 0.3 is 6.18 Å². The second-order valence-corrected chi connectivity index (χ2v) is 7.29. The van der Waals surface area contributed by atoms with Crippen LogP contribution in [0.5, 0.6) is 0 Å². The van der Waals surface area contributed by atoms with Gasteiger partial charge < -0.3 is 5.32 Å². The molecule has 0 aliphatic heterocycles. The zero-order chi connectivity index (χ0) is 17.5. The summed E-state index contributed by atoms with van der Waals surface area (Å²) < 4.78 is 39.2. The third-order valence-corrected chi connectivity index (χ3v) is 3.98. The van der Waals surface area contributed by atoms with Crippen LogP contribution in [0.4, 0.5) is 19.0 Å². The lowest BCUT2D eigenvalue weighted by atomic mass is 10.0. The highest BCUT2D eigenvalue weighted by atomic mass is 32.1. The molecule has 24 heavy (non-hydrogen) atoms. The number of benzene rings is 1. The molecule has 3 nitrogen and oxygen atoms in total. The first-order valence-corrected chi connectivity index (χ1v) is 8.27. The van der Waals surface area contributed by atoms with Crippen molar-refractivity contribution in [2.45, 2.75) is 32.5 Å². The third-order valence-electron chi connectivity index (χ3n) is 3.30. The van der Waals surface area contributed by atoms with Gasteiger partial charge in [-0.05, 0) is 60.9 Å². The van der Waals surface area contributed by atoms with E-state index in [9.17, 15) is 13.2 Å². The van der Waals surface area contributed by atoms with Gasteiger partial charge in [0.05, 0.1) is 5.52 Å². The van der Waals surface area contributed by atoms with E-state index in [0.717, 1.165) is 11.1 Å². The lowest BCUT2D eigenvalue weighted by molar-refractivity contribution is -0.144. The highest BCUT2D eigenvalue weighted by Crippen LogP contribution is 2.33. The van der Waals surface area contributed by atoms with Crippen LogP contribution in [0.1, 0.15) is 26.6 Å². The van der Waals surface area contributed by atoms with Gasteiger partial charge in [-0.25, -0.2) is 9.97 Å². The van der Waals surface area contributed by atoms with Crippen LogP contribution in [0.25, 0.3) is 22.0 Å². The molecular weight excluding hydrogens is 335 g/mol. The van der Waals surface area contributed by atoms with Crippen molar-refractivity contribution in [3.8, 4) is 11.1 Å². The van der Waals surface area contributed by atoms with E-state index in [-0.39, 0.29) is 11.3 Å². The van der Waals surface area contributed by atoms with E-state index in [2.05, 4.69) is 15.3 Å². The molecule has 7 heteroatoms. The summed E-state index contributed by atoms with van der Waals surface area (Å²) in [6.07, 6.45) is -4.59. The van der Waals surface area contributed by atoms with Crippen molar-refractivity contribution >= 4 is 28.1 Å². The first-order chi connectivity index (χ1) is 11.1. The van der Waals surface area contributed by atoms with Crippen LogP contribution in [0, 0.1) is 0 Å². The SMILES string of the molecule is CC(C)(C)Nc1nc(C(F)(F)F)nc2ccc(-c3ccsc3)cc12. The van der Waals surface area contributed by atoms with Crippen LogP contribution in [-0.2, 0) is 6.18 Å². The van der Waals surface area contributed by atoms with Crippen molar-refractivity contribution in [1.82, 2.24) is 9.97 Å². The summed E-state index contributed by atoms with van der Waals surface area (Å²) in [5, 5.41) is 7.58. The maximum absolute atomic E-state index is 13.1. The number of aromatic nitrogens is 2. The van der Waals surface area contributed by atoms with Crippen LogP contribution in [0.15, 0.2) is 35.0 Å². The molecule has 0 aliphatic carbocycles. The van der Waals surface area contributed by atoms with Gasteiger partial charge in [0.2, 0.25) is 5.82 Å². The molecule has 0 radical (unpaired) electrons. The van der Waals surface area contributed by atoms with Crippen LogP contribution in [0.2, 0.25) is 0 Å². The van der Waals surface area contributed by atoms with Crippen molar-refractivity contribution < 1.29 is 13.2 Å². The number of thiophene rings is 1. The molecule has 0 bridgehead atoms. The highest BCUT2D eigenvalue weighted by Gasteiger charge is 2.36. The molecule has 2 heterocycles.